The summed E-state index contributed by atoms with van der Waals surface area (Å²) in [5.74, 6) is 0.503. The molecule has 1 aliphatic carbocycles. The number of hydrogen-bond donors (Lipinski definition) is 0. The molecule has 0 atom stereocenters. The van der Waals surface area contributed by atoms with Gasteiger partial charge in [-0.1, -0.05) is 30.1 Å². The van der Waals surface area contributed by atoms with Crippen LogP contribution in [0.4, 0.5) is 0 Å². The molecule has 0 radical (unpaired) electrons. The molecule has 20 heavy (non-hydrogen) atoms. The second kappa shape index (κ2) is 6.22. The van der Waals surface area contributed by atoms with Crippen LogP contribution in [0, 0.1) is 12.8 Å². The molecule has 2 rings (SSSR count). The lowest BCUT2D eigenvalue weighted by atomic mass is 10.2. The van der Waals surface area contributed by atoms with Gasteiger partial charge in [0.2, 0.25) is 10.0 Å². The van der Waals surface area contributed by atoms with Gasteiger partial charge in [-0.05, 0) is 49.8 Å². The topological polar surface area (TPSA) is 37.4 Å². The molecule has 1 aliphatic rings. The first-order valence-electron chi connectivity index (χ1n) is 6.82. The monoisotopic (exact) mass is 335 g/mol. The van der Waals surface area contributed by atoms with Crippen molar-refractivity contribution in [2.75, 3.05) is 13.1 Å². The number of halogens is 2. The highest BCUT2D eigenvalue weighted by atomic mass is 35.5. The minimum atomic E-state index is -3.55. The maximum atomic E-state index is 12.8. The standard InChI is InChI=1S/C14H19Cl2NO2S/c1-3-6-17(9-11-4-5-11)20(18,19)14-7-10(2)12(15)8-13(14)16/h7-8,11H,3-6,9H2,1-2H3. The molecule has 6 heteroatoms. The third-order valence-electron chi connectivity index (χ3n) is 3.46. The second-order valence-corrected chi connectivity index (χ2v) is 8.06. The zero-order chi connectivity index (χ0) is 14.9. The molecule has 0 aromatic heterocycles. The largest absolute Gasteiger partial charge is 0.244 e. The Morgan fingerprint density at radius 1 is 1.25 bits per heavy atom. The number of aryl methyl sites for hydroxylation is 1. The first-order valence-corrected chi connectivity index (χ1v) is 9.01. The van der Waals surface area contributed by atoms with E-state index in [4.69, 9.17) is 23.2 Å². The Kier molecular flexibility index (Phi) is 5.00. The van der Waals surface area contributed by atoms with Crippen molar-refractivity contribution >= 4 is 33.2 Å². The average Bonchev–Trinajstić information content (AvgIpc) is 3.17. The molecule has 0 spiro atoms. The number of sulfonamides is 1. The van der Waals surface area contributed by atoms with E-state index in [0.717, 1.165) is 24.8 Å². The molecule has 1 fully saturated rings. The maximum Gasteiger partial charge on any atom is 0.244 e. The predicted molar refractivity (Wildman–Crippen MR) is 83.0 cm³/mol. The molecule has 0 N–H and O–H groups in total. The van der Waals surface area contributed by atoms with Crippen molar-refractivity contribution < 1.29 is 8.42 Å². The highest BCUT2D eigenvalue weighted by Crippen LogP contribution is 2.34. The van der Waals surface area contributed by atoms with Crippen LogP contribution in [0.5, 0.6) is 0 Å². The van der Waals surface area contributed by atoms with Crippen LogP contribution in [-0.2, 0) is 10.0 Å². The lowest BCUT2D eigenvalue weighted by Gasteiger charge is -2.22. The van der Waals surface area contributed by atoms with E-state index in [1.54, 1.807) is 17.3 Å². The molecule has 0 bridgehead atoms. The molecule has 0 saturated heterocycles. The molecular formula is C14H19Cl2NO2S. The minimum Gasteiger partial charge on any atom is -0.207 e. The molecule has 0 aliphatic heterocycles. The normalized spacial score (nSPS) is 15.8. The van der Waals surface area contributed by atoms with Gasteiger partial charge in [0.15, 0.2) is 0 Å². The van der Waals surface area contributed by atoms with Gasteiger partial charge in [-0.2, -0.15) is 4.31 Å². The van der Waals surface area contributed by atoms with Crippen LogP contribution in [0.25, 0.3) is 0 Å². The number of hydrogen-bond acceptors (Lipinski definition) is 2. The van der Waals surface area contributed by atoms with Gasteiger partial charge in [0.1, 0.15) is 4.90 Å². The van der Waals surface area contributed by atoms with E-state index in [-0.39, 0.29) is 9.92 Å². The van der Waals surface area contributed by atoms with E-state index < -0.39 is 10.0 Å². The lowest BCUT2D eigenvalue weighted by Crippen LogP contribution is -2.34. The highest BCUT2D eigenvalue weighted by molar-refractivity contribution is 7.89. The van der Waals surface area contributed by atoms with Crippen molar-refractivity contribution in [1.82, 2.24) is 4.31 Å². The van der Waals surface area contributed by atoms with E-state index in [2.05, 4.69) is 0 Å². The number of nitrogens with zero attached hydrogens (tertiary/aromatic N) is 1. The fourth-order valence-electron chi connectivity index (χ4n) is 2.11. The molecule has 0 heterocycles. The van der Waals surface area contributed by atoms with Crippen LogP contribution in [0.15, 0.2) is 17.0 Å². The molecule has 3 nitrogen and oxygen atoms in total. The van der Waals surface area contributed by atoms with Crippen LogP contribution in [0.2, 0.25) is 10.0 Å². The van der Waals surface area contributed by atoms with E-state index in [1.807, 2.05) is 6.92 Å². The highest BCUT2D eigenvalue weighted by Gasteiger charge is 2.32. The SMILES string of the molecule is CCCN(CC1CC1)S(=O)(=O)c1cc(C)c(Cl)cc1Cl. The first kappa shape index (κ1) is 16.1. The summed E-state index contributed by atoms with van der Waals surface area (Å²) in [7, 11) is -3.55. The van der Waals surface area contributed by atoms with Gasteiger partial charge >= 0.3 is 0 Å². The van der Waals surface area contributed by atoms with Crippen molar-refractivity contribution in [2.45, 2.75) is 38.0 Å². The fraction of sp³-hybridized carbons (Fsp3) is 0.571. The Balaban J connectivity index is 2.38. The van der Waals surface area contributed by atoms with Crippen molar-refractivity contribution in [3.63, 3.8) is 0 Å². The van der Waals surface area contributed by atoms with Gasteiger partial charge < -0.3 is 0 Å². The number of rotatable bonds is 6. The maximum absolute atomic E-state index is 12.8. The molecular weight excluding hydrogens is 317 g/mol. The molecule has 1 aromatic carbocycles. The molecule has 1 aromatic rings. The van der Waals surface area contributed by atoms with Gasteiger partial charge in [-0.3, -0.25) is 0 Å². The Bertz CT molecular complexity index is 597. The third-order valence-corrected chi connectivity index (χ3v) is 6.20. The van der Waals surface area contributed by atoms with E-state index in [0.29, 0.717) is 24.0 Å². The summed E-state index contributed by atoms with van der Waals surface area (Å²) in [6.07, 6.45) is 3.02. The lowest BCUT2D eigenvalue weighted by molar-refractivity contribution is 0.395. The van der Waals surface area contributed by atoms with Crippen LogP contribution < -0.4 is 0 Å². The van der Waals surface area contributed by atoms with Gasteiger partial charge in [0, 0.05) is 18.1 Å². The van der Waals surface area contributed by atoms with Crippen LogP contribution in [0.1, 0.15) is 31.7 Å². The Labute approximate surface area is 130 Å². The van der Waals surface area contributed by atoms with E-state index >= 15 is 0 Å². The van der Waals surface area contributed by atoms with Crippen molar-refractivity contribution in [3.8, 4) is 0 Å². The average molecular weight is 336 g/mol. The molecule has 0 amide bonds. The summed E-state index contributed by atoms with van der Waals surface area (Å²) >= 11 is 12.1. The third kappa shape index (κ3) is 3.48. The predicted octanol–water partition coefficient (Wildman–Crippen LogP) is 4.11. The molecule has 1 saturated carbocycles. The minimum absolute atomic E-state index is 0.162. The van der Waals surface area contributed by atoms with Gasteiger partial charge in [-0.25, -0.2) is 8.42 Å². The van der Waals surface area contributed by atoms with Crippen LogP contribution in [-0.4, -0.2) is 25.8 Å². The van der Waals surface area contributed by atoms with E-state index in [9.17, 15) is 8.42 Å². The van der Waals surface area contributed by atoms with Crippen molar-refractivity contribution in [3.05, 3.63) is 27.7 Å². The molecule has 112 valence electrons. The Hall–Kier alpha value is -0.290. The summed E-state index contributed by atoms with van der Waals surface area (Å²) in [6.45, 7) is 4.87. The summed E-state index contributed by atoms with van der Waals surface area (Å²) in [5.41, 5.74) is 0.720. The van der Waals surface area contributed by atoms with Crippen LogP contribution in [0.3, 0.4) is 0 Å². The van der Waals surface area contributed by atoms with Gasteiger partial charge in [0.05, 0.1) is 5.02 Å². The first-order chi connectivity index (χ1) is 9.36. The molecule has 0 unspecified atom stereocenters. The quantitative estimate of drug-likeness (QED) is 0.784. The summed E-state index contributed by atoms with van der Waals surface area (Å²) in [4.78, 5) is 0.162. The fourth-order valence-corrected chi connectivity index (χ4v) is 4.53. The number of benzene rings is 1. The summed E-state index contributed by atoms with van der Waals surface area (Å²) < 4.78 is 27.1. The van der Waals surface area contributed by atoms with Crippen molar-refractivity contribution in [1.29, 1.82) is 0 Å². The van der Waals surface area contributed by atoms with Crippen LogP contribution >= 0.6 is 23.2 Å². The summed E-state index contributed by atoms with van der Waals surface area (Å²) in [5, 5.41) is 0.677. The Morgan fingerprint density at radius 2 is 1.90 bits per heavy atom. The van der Waals surface area contributed by atoms with Crippen molar-refractivity contribution in [2.24, 2.45) is 5.92 Å². The summed E-state index contributed by atoms with van der Waals surface area (Å²) in [6, 6.07) is 3.07. The second-order valence-electron chi connectivity index (χ2n) is 5.34. The zero-order valence-corrected chi connectivity index (χ0v) is 14.0. The van der Waals surface area contributed by atoms with E-state index in [1.165, 1.54) is 6.07 Å². The smallest absolute Gasteiger partial charge is 0.207 e. The Morgan fingerprint density at radius 3 is 2.45 bits per heavy atom. The van der Waals surface area contributed by atoms with Gasteiger partial charge in [0.25, 0.3) is 0 Å². The zero-order valence-electron chi connectivity index (χ0n) is 11.7. The van der Waals surface area contributed by atoms with Gasteiger partial charge in [-0.15, -0.1) is 0 Å².